The minimum Gasteiger partial charge on any atom is -0.457 e. The fourth-order valence-corrected chi connectivity index (χ4v) is 1.71. The average Bonchev–Trinajstić information content (AvgIpc) is 2.48. The van der Waals surface area contributed by atoms with Crippen LogP contribution in [0.25, 0.3) is 0 Å². The number of hydrogen-bond donors (Lipinski definition) is 0. The van der Waals surface area contributed by atoms with E-state index in [2.05, 4.69) is 0 Å². The van der Waals surface area contributed by atoms with Crippen LogP contribution in [0.3, 0.4) is 0 Å². The summed E-state index contributed by atoms with van der Waals surface area (Å²) >= 11 is 0. The Morgan fingerprint density at radius 3 is 2.43 bits per heavy atom. The zero-order chi connectivity index (χ0) is 10.1. The van der Waals surface area contributed by atoms with Crippen molar-refractivity contribution in [2.75, 3.05) is 0 Å². The van der Waals surface area contributed by atoms with Gasteiger partial charge in [0.15, 0.2) is 0 Å². The number of aryl methyl sites for hydroxylation is 1. The highest BCUT2D eigenvalue weighted by molar-refractivity contribution is 5.74. The molecule has 0 amide bonds. The van der Waals surface area contributed by atoms with Crippen LogP contribution < -0.4 is 0 Å². The van der Waals surface area contributed by atoms with Gasteiger partial charge in [-0.2, -0.15) is 0 Å². The van der Waals surface area contributed by atoms with E-state index in [4.69, 9.17) is 4.74 Å². The average molecular weight is 190 g/mol. The first-order valence-corrected chi connectivity index (χ1v) is 4.94. The molecule has 2 atom stereocenters. The summed E-state index contributed by atoms with van der Waals surface area (Å²) in [5.74, 6) is -0.0307. The maximum Gasteiger partial charge on any atom is 0.309 e. The van der Waals surface area contributed by atoms with Crippen molar-refractivity contribution >= 4 is 5.97 Å². The summed E-state index contributed by atoms with van der Waals surface area (Å²) in [5.41, 5.74) is 2.33. The van der Waals surface area contributed by atoms with Gasteiger partial charge in [-0.3, -0.25) is 4.79 Å². The molecule has 0 bridgehead atoms. The largest absolute Gasteiger partial charge is 0.457 e. The van der Waals surface area contributed by atoms with Gasteiger partial charge in [0.25, 0.3) is 0 Å². The monoisotopic (exact) mass is 190 g/mol. The maximum absolute atomic E-state index is 11.2. The van der Waals surface area contributed by atoms with E-state index in [1.807, 2.05) is 38.1 Å². The normalized spacial score (nSPS) is 26.3. The van der Waals surface area contributed by atoms with Gasteiger partial charge in [0.1, 0.15) is 6.10 Å². The van der Waals surface area contributed by atoms with E-state index in [9.17, 15) is 4.79 Å². The van der Waals surface area contributed by atoms with Crippen molar-refractivity contribution in [2.45, 2.75) is 26.4 Å². The smallest absolute Gasteiger partial charge is 0.309 e. The maximum atomic E-state index is 11.2. The highest BCUT2D eigenvalue weighted by Crippen LogP contribution is 2.32. The third kappa shape index (κ3) is 1.65. The van der Waals surface area contributed by atoms with E-state index in [0.29, 0.717) is 0 Å². The number of carbonyl (C=O) groups excluding carboxylic acids is 1. The molecule has 1 aliphatic rings. The Balaban J connectivity index is 2.17. The Morgan fingerprint density at radius 2 is 1.93 bits per heavy atom. The summed E-state index contributed by atoms with van der Waals surface area (Å²) < 4.78 is 5.26. The number of carbonyl (C=O) groups is 1. The Kier molecular flexibility index (Phi) is 2.28. The zero-order valence-corrected chi connectivity index (χ0v) is 8.49. The lowest BCUT2D eigenvalue weighted by Crippen LogP contribution is -2.01. The van der Waals surface area contributed by atoms with Gasteiger partial charge < -0.3 is 4.74 Å². The first-order valence-electron chi connectivity index (χ1n) is 4.94. The summed E-state index contributed by atoms with van der Waals surface area (Å²) in [5, 5.41) is 0. The van der Waals surface area contributed by atoms with Crippen LogP contribution in [0.4, 0.5) is 0 Å². The molecule has 1 fully saturated rings. The predicted octanol–water partition coefficient (Wildman–Crippen LogP) is 2.62. The standard InChI is InChI=1S/C12H14O2/c1-8-3-5-10(6-4-8)11-7-9(2)12(13)14-11/h3-6,9,11H,7H2,1-2H3/t9-,11+/m0/s1. The molecule has 1 saturated heterocycles. The first kappa shape index (κ1) is 9.25. The van der Waals surface area contributed by atoms with Crippen molar-refractivity contribution in [3.63, 3.8) is 0 Å². The van der Waals surface area contributed by atoms with E-state index >= 15 is 0 Å². The zero-order valence-electron chi connectivity index (χ0n) is 8.49. The van der Waals surface area contributed by atoms with Crippen LogP contribution in [0.5, 0.6) is 0 Å². The lowest BCUT2D eigenvalue weighted by Gasteiger charge is -2.08. The summed E-state index contributed by atoms with van der Waals surface area (Å²) in [4.78, 5) is 11.2. The van der Waals surface area contributed by atoms with Crippen molar-refractivity contribution in [3.05, 3.63) is 35.4 Å². The molecule has 0 aliphatic carbocycles. The molecule has 2 nitrogen and oxygen atoms in total. The van der Waals surface area contributed by atoms with Crippen LogP contribution in [0.15, 0.2) is 24.3 Å². The van der Waals surface area contributed by atoms with Crippen molar-refractivity contribution in [3.8, 4) is 0 Å². The molecule has 2 heteroatoms. The van der Waals surface area contributed by atoms with E-state index in [0.717, 1.165) is 12.0 Å². The molecule has 0 spiro atoms. The van der Waals surface area contributed by atoms with E-state index in [-0.39, 0.29) is 18.0 Å². The van der Waals surface area contributed by atoms with Crippen LogP contribution in [-0.4, -0.2) is 5.97 Å². The molecular formula is C12H14O2. The highest BCUT2D eigenvalue weighted by atomic mass is 16.5. The Labute approximate surface area is 83.9 Å². The summed E-state index contributed by atoms with van der Waals surface area (Å²) in [6.45, 7) is 3.96. The topological polar surface area (TPSA) is 26.3 Å². The molecule has 0 saturated carbocycles. The van der Waals surface area contributed by atoms with Crippen LogP contribution >= 0.6 is 0 Å². The number of ether oxygens (including phenoxy) is 1. The van der Waals surface area contributed by atoms with E-state index in [1.165, 1.54) is 5.56 Å². The fourth-order valence-electron chi connectivity index (χ4n) is 1.71. The third-order valence-corrected chi connectivity index (χ3v) is 2.68. The van der Waals surface area contributed by atoms with Crippen molar-refractivity contribution in [1.29, 1.82) is 0 Å². The molecule has 0 aromatic heterocycles. The van der Waals surface area contributed by atoms with Gasteiger partial charge in [-0.15, -0.1) is 0 Å². The molecule has 1 heterocycles. The van der Waals surface area contributed by atoms with Crippen LogP contribution in [-0.2, 0) is 9.53 Å². The second-order valence-corrected chi connectivity index (χ2v) is 3.97. The molecule has 2 rings (SSSR count). The van der Waals surface area contributed by atoms with E-state index < -0.39 is 0 Å². The fraction of sp³-hybridized carbons (Fsp3) is 0.417. The predicted molar refractivity (Wildman–Crippen MR) is 53.8 cm³/mol. The second-order valence-electron chi connectivity index (χ2n) is 3.97. The van der Waals surface area contributed by atoms with Gasteiger partial charge in [0.05, 0.1) is 5.92 Å². The van der Waals surface area contributed by atoms with Gasteiger partial charge in [-0.1, -0.05) is 36.8 Å². The second kappa shape index (κ2) is 3.45. The molecule has 74 valence electrons. The van der Waals surface area contributed by atoms with Crippen LogP contribution in [0.1, 0.15) is 30.6 Å². The van der Waals surface area contributed by atoms with Crippen molar-refractivity contribution in [2.24, 2.45) is 5.92 Å². The van der Waals surface area contributed by atoms with Gasteiger partial charge in [0.2, 0.25) is 0 Å². The minimum absolute atomic E-state index is 0.0295. The van der Waals surface area contributed by atoms with Gasteiger partial charge >= 0.3 is 5.97 Å². The molecule has 1 aliphatic heterocycles. The number of cyclic esters (lactones) is 1. The number of esters is 1. The Bertz CT molecular complexity index is 340. The quantitative estimate of drug-likeness (QED) is 0.636. The van der Waals surface area contributed by atoms with Gasteiger partial charge in [-0.25, -0.2) is 0 Å². The summed E-state index contributed by atoms with van der Waals surface area (Å²) in [7, 11) is 0. The van der Waals surface area contributed by atoms with Gasteiger partial charge in [-0.05, 0) is 12.5 Å². The molecular weight excluding hydrogens is 176 g/mol. The molecule has 0 N–H and O–H groups in total. The number of hydrogen-bond acceptors (Lipinski definition) is 2. The molecule has 1 aromatic rings. The lowest BCUT2D eigenvalue weighted by atomic mass is 10.0. The minimum atomic E-state index is -0.0735. The lowest BCUT2D eigenvalue weighted by molar-refractivity contribution is -0.144. The first-order chi connectivity index (χ1) is 6.66. The van der Waals surface area contributed by atoms with Crippen LogP contribution in [0, 0.1) is 12.8 Å². The molecule has 1 aromatic carbocycles. The molecule has 0 radical (unpaired) electrons. The Hall–Kier alpha value is -1.31. The molecule has 0 unspecified atom stereocenters. The van der Waals surface area contributed by atoms with Gasteiger partial charge in [0, 0.05) is 6.42 Å². The van der Waals surface area contributed by atoms with Crippen molar-refractivity contribution in [1.82, 2.24) is 0 Å². The summed E-state index contributed by atoms with van der Waals surface area (Å²) in [6, 6.07) is 8.16. The van der Waals surface area contributed by atoms with E-state index in [1.54, 1.807) is 0 Å². The third-order valence-electron chi connectivity index (χ3n) is 2.68. The summed E-state index contributed by atoms with van der Waals surface area (Å²) in [6.07, 6.45) is 0.778. The molecule has 14 heavy (non-hydrogen) atoms. The highest BCUT2D eigenvalue weighted by Gasteiger charge is 2.31. The van der Waals surface area contributed by atoms with Crippen molar-refractivity contribution < 1.29 is 9.53 Å². The number of rotatable bonds is 1. The Morgan fingerprint density at radius 1 is 1.29 bits per heavy atom. The SMILES string of the molecule is Cc1ccc([C@H]2C[C@H](C)C(=O)O2)cc1. The van der Waals surface area contributed by atoms with Crippen LogP contribution in [0.2, 0.25) is 0 Å². The number of benzene rings is 1.